The Bertz CT molecular complexity index is 675. The third kappa shape index (κ3) is 3.28. The van der Waals surface area contributed by atoms with Crippen LogP contribution in [0.1, 0.15) is 21.5 Å². The monoisotopic (exact) mass is 287 g/mol. The van der Waals surface area contributed by atoms with Crippen LogP contribution in [-0.2, 0) is 6.61 Å². The van der Waals surface area contributed by atoms with Gasteiger partial charge < -0.3 is 9.84 Å². The van der Waals surface area contributed by atoms with Crippen molar-refractivity contribution >= 4 is 17.6 Å². The van der Waals surface area contributed by atoms with E-state index in [1.165, 1.54) is 18.2 Å². The lowest BCUT2D eigenvalue weighted by Crippen LogP contribution is -1.99. The molecule has 20 heavy (non-hydrogen) atoms. The average Bonchev–Trinajstić information content (AvgIpc) is 2.46. The highest BCUT2D eigenvalue weighted by molar-refractivity contribution is 6.30. The van der Waals surface area contributed by atoms with Gasteiger partial charge in [0.2, 0.25) is 0 Å². The van der Waals surface area contributed by atoms with Crippen molar-refractivity contribution < 1.29 is 14.6 Å². The maximum atomic E-state index is 10.7. The molecule has 0 aliphatic rings. The van der Waals surface area contributed by atoms with Gasteiger partial charge in [-0.1, -0.05) is 23.7 Å². The number of nitriles is 1. The second-order valence-corrected chi connectivity index (χ2v) is 4.48. The molecule has 2 aromatic carbocycles. The van der Waals surface area contributed by atoms with Gasteiger partial charge in [0.15, 0.2) is 0 Å². The number of hydrogen-bond acceptors (Lipinski definition) is 3. The van der Waals surface area contributed by atoms with E-state index in [0.717, 1.165) is 5.56 Å². The van der Waals surface area contributed by atoms with Crippen molar-refractivity contribution in [1.29, 1.82) is 5.26 Å². The second-order valence-electron chi connectivity index (χ2n) is 4.04. The minimum Gasteiger partial charge on any atom is -0.488 e. The van der Waals surface area contributed by atoms with Crippen LogP contribution in [0.5, 0.6) is 5.75 Å². The van der Waals surface area contributed by atoms with Crippen LogP contribution in [0.4, 0.5) is 0 Å². The molecule has 5 heteroatoms. The number of benzene rings is 2. The van der Waals surface area contributed by atoms with Gasteiger partial charge in [-0.15, -0.1) is 0 Å². The normalized spacial score (nSPS) is 9.80. The number of carboxylic acid groups (broad SMARTS) is 1. The molecule has 0 unspecified atom stereocenters. The maximum Gasteiger partial charge on any atom is 0.335 e. The lowest BCUT2D eigenvalue weighted by atomic mass is 10.1. The lowest BCUT2D eigenvalue weighted by molar-refractivity contribution is 0.0697. The van der Waals surface area contributed by atoms with E-state index < -0.39 is 5.97 Å². The predicted octanol–water partition coefficient (Wildman–Crippen LogP) is 3.49. The van der Waals surface area contributed by atoms with Gasteiger partial charge in [-0.25, -0.2) is 4.79 Å². The molecule has 100 valence electrons. The van der Waals surface area contributed by atoms with Crippen LogP contribution in [0.3, 0.4) is 0 Å². The highest BCUT2D eigenvalue weighted by atomic mass is 35.5. The molecule has 0 fully saturated rings. The summed E-state index contributed by atoms with van der Waals surface area (Å²) in [5.41, 5.74) is 1.39. The first-order valence-electron chi connectivity index (χ1n) is 5.75. The fraction of sp³-hybridized carbons (Fsp3) is 0.0667. The standard InChI is InChI=1S/C15H10ClNO3/c16-13-5-6-14(12(7-13)8-17)20-9-10-1-3-11(4-2-10)15(18)19/h1-7H,9H2,(H,18,19). The number of nitrogens with zero attached hydrogens (tertiary/aromatic N) is 1. The van der Waals surface area contributed by atoms with Gasteiger partial charge in [0.1, 0.15) is 18.4 Å². The first-order chi connectivity index (χ1) is 9.60. The summed E-state index contributed by atoms with van der Waals surface area (Å²) in [7, 11) is 0. The highest BCUT2D eigenvalue weighted by Crippen LogP contribution is 2.23. The largest absolute Gasteiger partial charge is 0.488 e. The van der Waals surface area contributed by atoms with Gasteiger partial charge in [0.05, 0.1) is 11.1 Å². The van der Waals surface area contributed by atoms with E-state index in [1.54, 1.807) is 24.3 Å². The van der Waals surface area contributed by atoms with Gasteiger partial charge in [-0.05, 0) is 35.9 Å². The minimum absolute atomic E-state index is 0.220. The van der Waals surface area contributed by atoms with E-state index in [4.69, 9.17) is 26.7 Å². The molecular formula is C15H10ClNO3. The molecule has 0 radical (unpaired) electrons. The van der Waals surface area contributed by atoms with E-state index in [9.17, 15) is 4.79 Å². The van der Waals surface area contributed by atoms with Crippen molar-refractivity contribution in [3.8, 4) is 11.8 Å². The summed E-state index contributed by atoms with van der Waals surface area (Å²) in [6.45, 7) is 0.246. The van der Waals surface area contributed by atoms with Gasteiger partial charge in [-0.2, -0.15) is 5.26 Å². The lowest BCUT2D eigenvalue weighted by Gasteiger charge is -2.08. The number of carboxylic acids is 1. The third-order valence-electron chi connectivity index (χ3n) is 2.66. The van der Waals surface area contributed by atoms with Crippen molar-refractivity contribution in [3.63, 3.8) is 0 Å². The van der Waals surface area contributed by atoms with Crippen LogP contribution in [-0.4, -0.2) is 11.1 Å². The second kappa shape index (κ2) is 6.09. The topological polar surface area (TPSA) is 70.3 Å². The van der Waals surface area contributed by atoms with Gasteiger partial charge >= 0.3 is 5.97 Å². The van der Waals surface area contributed by atoms with Crippen molar-refractivity contribution in [3.05, 3.63) is 64.2 Å². The number of halogens is 1. The number of rotatable bonds is 4. The molecule has 0 aliphatic carbocycles. The Labute approximate surface area is 120 Å². The van der Waals surface area contributed by atoms with Crippen LogP contribution < -0.4 is 4.74 Å². The van der Waals surface area contributed by atoms with Crippen LogP contribution in [0.15, 0.2) is 42.5 Å². The molecule has 2 aromatic rings. The molecule has 2 rings (SSSR count). The van der Waals surface area contributed by atoms with E-state index in [1.807, 2.05) is 6.07 Å². The molecule has 0 spiro atoms. The molecule has 0 saturated carbocycles. The highest BCUT2D eigenvalue weighted by Gasteiger charge is 2.06. The molecule has 4 nitrogen and oxygen atoms in total. The van der Waals surface area contributed by atoms with Crippen LogP contribution in [0, 0.1) is 11.3 Å². The number of hydrogen-bond donors (Lipinski definition) is 1. The van der Waals surface area contributed by atoms with Crippen LogP contribution >= 0.6 is 11.6 Å². The Kier molecular flexibility index (Phi) is 4.24. The number of aromatic carboxylic acids is 1. The molecule has 0 saturated heterocycles. The Morgan fingerprint density at radius 2 is 1.95 bits per heavy atom. The summed E-state index contributed by atoms with van der Waals surface area (Å²) >= 11 is 5.80. The van der Waals surface area contributed by atoms with E-state index in [2.05, 4.69) is 0 Å². The summed E-state index contributed by atoms with van der Waals surface area (Å²) in [5, 5.41) is 18.3. The zero-order chi connectivity index (χ0) is 14.5. The first-order valence-corrected chi connectivity index (χ1v) is 6.12. The van der Waals surface area contributed by atoms with Crippen LogP contribution in [0.2, 0.25) is 5.02 Å². The first kappa shape index (κ1) is 13.9. The van der Waals surface area contributed by atoms with Crippen LogP contribution in [0.25, 0.3) is 0 Å². The smallest absolute Gasteiger partial charge is 0.335 e. The molecule has 0 aliphatic heterocycles. The SMILES string of the molecule is N#Cc1cc(Cl)ccc1OCc1ccc(C(=O)O)cc1. The molecule has 0 heterocycles. The molecule has 0 amide bonds. The Hall–Kier alpha value is -2.51. The van der Waals surface area contributed by atoms with Crippen molar-refractivity contribution in [2.45, 2.75) is 6.61 Å². The molecule has 0 bridgehead atoms. The van der Waals surface area contributed by atoms with Gasteiger partial charge in [0.25, 0.3) is 0 Å². The van der Waals surface area contributed by atoms with E-state index in [0.29, 0.717) is 16.3 Å². The predicted molar refractivity (Wildman–Crippen MR) is 73.9 cm³/mol. The summed E-state index contributed by atoms with van der Waals surface area (Å²) in [6, 6.07) is 13.2. The van der Waals surface area contributed by atoms with Gasteiger partial charge in [0, 0.05) is 5.02 Å². The molecule has 0 aromatic heterocycles. The Balaban J connectivity index is 2.09. The third-order valence-corrected chi connectivity index (χ3v) is 2.89. The zero-order valence-electron chi connectivity index (χ0n) is 10.3. The zero-order valence-corrected chi connectivity index (χ0v) is 11.1. The molecule has 0 atom stereocenters. The summed E-state index contributed by atoms with van der Waals surface area (Å²) in [5.74, 6) is -0.527. The van der Waals surface area contributed by atoms with E-state index in [-0.39, 0.29) is 12.2 Å². The van der Waals surface area contributed by atoms with Gasteiger partial charge in [-0.3, -0.25) is 0 Å². The average molecular weight is 288 g/mol. The molecule has 1 N–H and O–H groups in total. The van der Waals surface area contributed by atoms with Crippen molar-refractivity contribution in [2.75, 3.05) is 0 Å². The summed E-state index contributed by atoms with van der Waals surface area (Å²) in [6.07, 6.45) is 0. The minimum atomic E-state index is -0.970. The maximum absolute atomic E-state index is 10.7. The van der Waals surface area contributed by atoms with Crippen molar-refractivity contribution in [2.24, 2.45) is 0 Å². The Morgan fingerprint density at radius 1 is 1.25 bits per heavy atom. The Morgan fingerprint density at radius 3 is 2.55 bits per heavy atom. The quantitative estimate of drug-likeness (QED) is 0.934. The van der Waals surface area contributed by atoms with E-state index >= 15 is 0 Å². The summed E-state index contributed by atoms with van der Waals surface area (Å²) < 4.78 is 5.54. The number of ether oxygens (including phenoxy) is 1. The van der Waals surface area contributed by atoms with Crippen molar-refractivity contribution in [1.82, 2.24) is 0 Å². The fourth-order valence-electron chi connectivity index (χ4n) is 1.62. The summed E-state index contributed by atoms with van der Waals surface area (Å²) in [4.78, 5) is 10.7. The fourth-order valence-corrected chi connectivity index (χ4v) is 1.79. The molecular weight excluding hydrogens is 278 g/mol. The number of carbonyl (C=O) groups is 1.